The number of phenols is 1. The Hall–Kier alpha value is -0.770. The fourth-order valence-corrected chi connectivity index (χ4v) is 1.67. The fraction of sp³-hybridized carbons (Fsp3) is 0.500. The van der Waals surface area contributed by atoms with Gasteiger partial charge >= 0.3 is 0 Å². The van der Waals surface area contributed by atoms with Crippen molar-refractivity contribution in [3.05, 3.63) is 28.8 Å². The minimum atomic E-state index is 0.268. The highest BCUT2D eigenvalue weighted by Crippen LogP contribution is 2.21. The van der Waals surface area contributed by atoms with Crippen molar-refractivity contribution in [3.8, 4) is 5.75 Å². The number of rotatable bonds is 6. The number of nitrogens with one attached hydrogen (secondary N) is 1. The number of aromatic hydroxyl groups is 1. The summed E-state index contributed by atoms with van der Waals surface area (Å²) >= 11 is 5.86. The van der Waals surface area contributed by atoms with Crippen LogP contribution >= 0.6 is 11.6 Å². The van der Waals surface area contributed by atoms with Gasteiger partial charge in [0.1, 0.15) is 5.75 Å². The van der Waals surface area contributed by atoms with Crippen molar-refractivity contribution in [2.24, 2.45) is 0 Å². The van der Waals surface area contributed by atoms with Gasteiger partial charge in [-0.15, -0.1) is 0 Å². The third-order valence-electron chi connectivity index (χ3n) is 2.48. The van der Waals surface area contributed by atoms with Crippen LogP contribution in [0.4, 0.5) is 0 Å². The molecule has 90 valence electrons. The van der Waals surface area contributed by atoms with E-state index in [0.29, 0.717) is 24.2 Å². The van der Waals surface area contributed by atoms with Crippen LogP contribution in [-0.2, 0) is 11.3 Å². The van der Waals surface area contributed by atoms with Crippen LogP contribution in [0.1, 0.15) is 18.9 Å². The van der Waals surface area contributed by atoms with E-state index < -0.39 is 0 Å². The van der Waals surface area contributed by atoms with Gasteiger partial charge in [0.05, 0.1) is 6.61 Å². The van der Waals surface area contributed by atoms with E-state index >= 15 is 0 Å². The van der Waals surface area contributed by atoms with E-state index in [0.717, 1.165) is 12.0 Å². The van der Waals surface area contributed by atoms with E-state index in [4.69, 9.17) is 16.3 Å². The summed E-state index contributed by atoms with van der Waals surface area (Å²) in [6, 6.07) is 5.34. The maximum Gasteiger partial charge on any atom is 0.120 e. The lowest BCUT2D eigenvalue weighted by atomic mass is 10.1. The first-order valence-corrected chi connectivity index (χ1v) is 5.74. The Bertz CT molecular complexity index is 331. The highest BCUT2D eigenvalue weighted by molar-refractivity contribution is 6.30. The second kappa shape index (κ2) is 6.74. The Morgan fingerprint density at radius 1 is 1.50 bits per heavy atom. The Morgan fingerprint density at radius 3 is 2.88 bits per heavy atom. The van der Waals surface area contributed by atoms with Gasteiger partial charge in [-0.3, -0.25) is 0 Å². The van der Waals surface area contributed by atoms with E-state index in [1.54, 1.807) is 25.3 Å². The number of halogens is 1. The molecule has 1 rings (SSSR count). The monoisotopic (exact) mass is 243 g/mol. The third kappa shape index (κ3) is 4.00. The molecule has 0 spiro atoms. The first-order valence-electron chi connectivity index (χ1n) is 5.37. The highest BCUT2D eigenvalue weighted by Gasteiger charge is 2.07. The van der Waals surface area contributed by atoms with Crippen molar-refractivity contribution in [3.63, 3.8) is 0 Å². The Balaban J connectivity index is 2.55. The molecule has 0 aliphatic rings. The van der Waals surface area contributed by atoms with Gasteiger partial charge in [-0.25, -0.2) is 0 Å². The van der Waals surface area contributed by atoms with Crippen molar-refractivity contribution >= 4 is 11.6 Å². The summed E-state index contributed by atoms with van der Waals surface area (Å²) in [7, 11) is 1.68. The summed E-state index contributed by atoms with van der Waals surface area (Å²) in [5.41, 5.74) is 0.807. The molecule has 0 aliphatic carbocycles. The number of phenolic OH excluding ortho intramolecular Hbond substituents is 1. The van der Waals surface area contributed by atoms with Gasteiger partial charge in [-0.1, -0.05) is 18.5 Å². The molecular formula is C12H18ClNO2. The van der Waals surface area contributed by atoms with Gasteiger partial charge in [0, 0.05) is 30.3 Å². The Kier molecular flexibility index (Phi) is 5.60. The molecule has 1 atom stereocenters. The summed E-state index contributed by atoms with van der Waals surface area (Å²) < 4.78 is 5.09. The van der Waals surface area contributed by atoms with E-state index in [2.05, 4.69) is 12.2 Å². The lowest BCUT2D eigenvalue weighted by molar-refractivity contribution is 0.163. The van der Waals surface area contributed by atoms with Crippen LogP contribution in [0.2, 0.25) is 5.02 Å². The van der Waals surface area contributed by atoms with Crippen molar-refractivity contribution in [2.75, 3.05) is 13.7 Å². The SMILES string of the molecule is CCC(COC)NCc1cc(Cl)ccc1O. The normalized spacial score (nSPS) is 12.7. The Morgan fingerprint density at radius 2 is 2.25 bits per heavy atom. The molecule has 0 aromatic heterocycles. The number of hydrogen-bond donors (Lipinski definition) is 2. The number of ether oxygens (including phenoxy) is 1. The van der Waals surface area contributed by atoms with E-state index in [1.807, 2.05) is 0 Å². The van der Waals surface area contributed by atoms with Crippen molar-refractivity contribution in [2.45, 2.75) is 25.9 Å². The molecule has 3 nitrogen and oxygen atoms in total. The van der Waals surface area contributed by atoms with Gasteiger partial charge < -0.3 is 15.2 Å². The van der Waals surface area contributed by atoms with Crippen LogP contribution in [0.15, 0.2) is 18.2 Å². The predicted octanol–water partition coefficient (Wildman–Crippen LogP) is 2.56. The van der Waals surface area contributed by atoms with Gasteiger partial charge in [-0.2, -0.15) is 0 Å². The molecule has 0 saturated heterocycles. The standard InChI is InChI=1S/C12H18ClNO2/c1-3-11(8-16-2)14-7-9-6-10(13)4-5-12(9)15/h4-6,11,14-15H,3,7-8H2,1-2H3. The molecule has 1 unspecified atom stereocenters. The van der Waals surface area contributed by atoms with E-state index in [1.165, 1.54) is 0 Å². The largest absolute Gasteiger partial charge is 0.508 e. The van der Waals surface area contributed by atoms with Crippen LogP contribution in [0.25, 0.3) is 0 Å². The minimum Gasteiger partial charge on any atom is -0.508 e. The topological polar surface area (TPSA) is 41.5 Å². The summed E-state index contributed by atoms with van der Waals surface area (Å²) in [6.45, 7) is 3.35. The molecule has 0 bridgehead atoms. The molecule has 16 heavy (non-hydrogen) atoms. The average Bonchev–Trinajstić information content (AvgIpc) is 2.28. The average molecular weight is 244 g/mol. The maximum atomic E-state index is 9.62. The molecule has 4 heteroatoms. The van der Waals surface area contributed by atoms with E-state index in [-0.39, 0.29) is 5.75 Å². The summed E-state index contributed by atoms with van der Waals surface area (Å²) in [4.78, 5) is 0. The molecule has 0 radical (unpaired) electrons. The zero-order valence-corrected chi connectivity index (χ0v) is 10.4. The van der Waals surface area contributed by atoms with Gasteiger partial charge in [0.25, 0.3) is 0 Å². The lowest BCUT2D eigenvalue weighted by Crippen LogP contribution is -2.32. The van der Waals surface area contributed by atoms with Crippen molar-refractivity contribution < 1.29 is 9.84 Å². The number of benzene rings is 1. The third-order valence-corrected chi connectivity index (χ3v) is 2.72. The maximum absolute atomic E-state index is 9.62. The molecule has 0 aliphatic heterocycles. The van der Waals surface area contributed by atoms with Gasteiger partial charge in [-0.05, 0) is 24.6 Å². The van der Waals surface area contributed by atoms with E-state index in [9.17, 15) is 5.11 Å². The molecule has 0 heterocycles. The first-order chi connectivity index (χ1) is 7.67. The predicted molar refractivity (Wildman–Crippen MR) is 65.9 cm³/mol. The fourth-order valence-electron chi connectivity index (χ4n) is 1.47. The molecule has 1 aromatic rings. The van der Waals surface area contributed by atoms with Crippen LogP contribution in [0, 0.1) is 0 Å². The summed E-state index contributed by atoms with van der Waals surface area (Å²) in [6.07, 6.45) is 0.981. The zero-order chi connectivity index (χ0) is 12.0. The van der Waals surface area contributed by atoms with Crippen molar-refractivity contribution in [1.29, 1.82) is 0 Å². The molecule has 0 fully saturated rings. The van der Waals surface area contributed by atoms with Crippen LogP contribution in [0.3, 0.4) is 0 Å². The minimum absolute atomic E-state index is 0.268. The second-order valence-electron chi connectivity index (χ2n) is 3.71. The number of methoxy groups -OCH3 is 1. The molecular weight excluding hydrogens is 226 g/mol. The molecule has 1 aromatic carbocycles. The molecule has 0 amide bonds. The second-order valence-corrected chi connectivity index (χ2v) is 4.15. The summed E-state index contributed by atoms with van der Waals surface area (Å²) in [5.74, 6) is 0.268. The van der Waals surface area contributed by atoms with Gasteiger partial charge in [0.15, 0.2) is 0 Å². The zero-order valence-electron chi connectivity index (χ0n) is 9.66. The van der Waals surface area contributed by atoms with Crippen molar-refractivity contribution in [1.82, 2.24) is 5.32 Å². The van der Waals surface area contributed by atoms with Crippen LogP contribution in [0.5, 0.6) is 5.75 Å². The molecule has 0 saturated carbocycles. The quantitative estimate of drug-likeness (QED) is 0.807. The smallest absolute Gasteiger partial charge is 0.120 e. The highest BCUT2D eigenvalue weighted by atomic mass is 35.5. The van der Waals surface area contributed by atoms with Crippen LogP contribution < -0.4 is 5.32 Å². The van der Waals surface area contributed by atoms with Gasteiger partial charge in [0.2, 0.25) is 0 Å². The number of hydrogen-bond acceptors (Lipinski definition) is 3. The first kappa shape index (κ1) is 13.3. The molecule has 2 N–H and O–H groups in total. The Labute approximate surface area is 101 Å². The van der Waals surface area contributed by atoms with Crippen LogP contribution in [-0.4, -0.2) is 24.9 Å². The lowest BCUT2D eigenvalue weighted by Gasteiger charge is -2.16. The summed E-state index contributed by atoms with van der Waals surface area (Å²) in [5, 5.41) is 13.6.